The Bertz CT molecular complexity index is 524. The number of carbonyl (C=O) groups excluding carboxylic acids is 1. The average molecular weight is 288 g/mol. The van der Waals surface area contributed by atoms with Crippen LogP contribution in [0.2, 0.25) is 0 Å². The molecule has 0 bridgehead atoms. The highest BCUT2D eigenvalue weighted by atomic mass is 16.3. The molecule has 2 aliphatic heterocycles. The molecular formula is C17H24N2O2. The van der Waals surface area contributed by atoms with Crippen LogP contribution in [0.15, 0.2) is 18.2 Å². The molecule has 2 N–H and O–H groups in total. The van der Waals surface area contributed by atoms with E-state index < -0.39 is 6.10 Å². The third-order valence-electron chi connectivity index (χ3n) is 4.71. The van der Waals surface area contributed by atoms with E-state index >= 15 is 0 Å². The molecule has 2 aliphatic rings. The van der Waals surface area contributed by atoms with E-state index in [1.807, 2.05) is 30.0 Å². The largest absolute Gasteiger partial charge is 0.388 e. The van der Waals surface area contributed by atoms with Gasteiger partial charge in [-0.25, -0.2) is 0 Å². The van der Waals surface area contributed by atoms with Crippen LogP contribution in [-0.4, -0.2) is 30.6 Å². The van der Waals surface area contributed by atoms with Crippen molar-refractivity contribution in [3.8, 4) is 0 Å². The molecule has 1 amide bonds. The number of aliphatic hydroxyl groups is 1. The molecule has 0 aromatic heterocycles. The highest BCUT2D eigenvalue weighted by Gasteiger charge is 2.30. The molecule has 1 fully saturated rings. The maximum atomic E-state index is 12.3. The molecule has 0 saturated carbocycles. The van der Waals surface area contributed by atoms with Crippen molar-refractivity contribution in [3.63, 3.8) is 0 Å². The number of anilines is 1. The number of nitrogens with zero attached hydrogens (tertiary/aromatic N) is 1. The number of hydrogen-bond acceptors (Lipinski definition) is 3. The van der Waals surface area contributed by atoms with Crippen LogP contribution in [0.5, 0.6) is 0 Å². The van der Waals surface area contributed by atoms with Crippen molar-refractivity contribution in [2.45, 2.75) is 38.7 Å². The predicted octanol–water partition coefficient (Wildman–Crippen LogP) is 2.02. The van der Waals surface area contributed by atoms with Gasteiger partial charge in [0, 0.05) is 12.2 Å². The molecule has 2 heterocycles. The lowest BCUT2D eigenvalue weighted by atomic mass is 9.97. The van der Waals surface area contributed by atoms with Crippen molar-refractivity contribution < 1.29 is 9.90 Å². The number of aliphatic hydroxyl groups excluding tert-OH is 1. The van der Waals surface area contributed by atoms with Crippen LogP contribution in [0.1, 0.15) is 43.4 Å². The zero-order chi connectivity index (χ0) is 14.8. The van der Waals surface area contributed by atoms with Crippen LogP contribution >= 0.6 is 0 Å². The number of fused-ring (bicyclic) bond motifs is 1. The highest BCUT2D eigenvalue weighted by molar-refractivity contribution is 6.01. The van der Waals surface area contributed by atoms with Gasteiger partial charge in [0.25, 0.3) is 0 Å². The Morgan fingerprint density at radius 1 is 1.38 bits per heavy atom. The van der Waals surface area contributed by atoms with Gasteiger partial charge >= 0.3 is 0 Å². The second kappa shape index (κ2) is 6.16. The van der Waals surface area contributed by atoms with Gasteiger partial charge < -0.3 is 15.3 Å². The number of amides is 1. The summed E-state index contributed by atoms with van der Waals surface area (Å²) in [5.41, 5.74) is 3.04. The maximum Gasteiger partial charge on any atom is 0.231 e. The SMILES string of the molecule is CCC(O)c1ccc2c(c1)CC(=O)N2CC1CCNCC1. The minimum Gasteiger partial charge on any atom is -0.388 e. The van der Waals surface area contributed by atoms with Crippen molar-refractivity contribution in [1.82, 2.24) is 5.32 Å². The maximum absolute atomic E-state index is 12.3. The number of rotatable bonds is 4. The molecule has 4 nitrogen and oxygen atoms in total. The van der Waals surface area contributed by atoms with Gasteiger partial charge in [0.15, 0.2) is 0 Å². The molecule has 3 rings (SSSR count). The molecule has 1 saturated heterocycles. The van der Waals surface area contributed by atoms with E-state index in [9.17, 15) is 9.90 Å². The van der Waals surface area contributed by atoms with Gasteiger partial charge in [-0.3, -0.25) is 4.79 Å². The second-order valence-electron chi connectivity index (χ2n) is 6.19. The van der Waals surface area contributed by atoms with Crippen LogP contribution in [-0.2, 0) is 11.2 Å². The number of benzene rings is 1. The molecule has 0 aliphatic carbocycles. The number of piperidine rings is 1. The summed E-state index contributed by atoms with van der Waals surface area (Å²) in [6.07, 6.45) is 3.04. The van der Waals surface area contributed by atoms with Gasteiger partial charge in [-0.15, -0.1) is 0 Å². The van der Waals surface area contributed by atoms with Gasteiger partial charge in [0.1, 0.15) is 0 Å². The molecule has 0 spiro atoms. The molecule has 1 atom stereocenters. The van der Waals surface area contributed by atoms with E-state index in [2.05, 4.69) is 5.32 Å². The zero-order valence-electron chi connectivity index (χ0n) is 12.6. The lowest BCUT2D eigenvalue weighted by molar-refractivity contribution is -0.117. The lowest BCUT2D eigenvalue weighted by Gasteiger charge is -2.28. The molecule has 4 heteroatoms. The van der Waals surface area contributed by atoms with E-state index in [4.69, 9.17) is 0 Å². The molecular weight excluding hydrogens is 264 g/mol. The Morgan fingerprint density at radius 3 is 2.86 bits per heavy atom. The summed E-state index contributed by atoms with van der Waals surface area (Å²) in [6.45, 7) is 4.91. The summed E-state index contributed by atoms with van der Waals surface area (Å²) in [4.78, 5) is 14.3. The monoisotopic (exact) mass is 288 g/mol. The van der Waals surface area contributed by atoms with Crippen molar-refractivity contribution >= 4 is 11.6 Å². The normalized spacial score (nSPS) is 20.7. The fraction of sp³-hybridized carbons (Fsp3) is 0.588. The first kappa shape index (κ1) is 14.5. The third kappa shape index (κ3) is 2.97. The van der Waals surface area contributed by atoms with Crippen molar-refractivity contribution in [1.29, 1.82) is 0 Å². The summed E-state index contributed by atoms with van der Waals surface area (Å²) >= 11 is 0. The first-order chi connectivity index (χ1) is 10.2. The van der Waals surface area contributed by atoms with E-state index in [-0.39, 0.29) is 5.91 Å². The highest BCUT2D eigenvalue weighted by Crippen LogP contribution is 2.33. The quantitative estimate of drug-likeness (QED) is 0.891. The van der Waals surface area contributed by atoms with Crippen LogP contribution in [0.3, 0.4) is 0 Å². The number of nitrogens with one attached hydrogen (secondary N) is 1. The van der Waals surface area contributed by atoms with Gasteiger partial charge in [-0.2, -0.15) is 0 Å². The first-order valence-electron chi connectivity index (χ1n) is 8.01. The molecule has 1 aromatic rings. The minimum atomic E-state index is -0.427. The van der Waals surface area contributed by atoms with E-state index in [0.29, 0.717) is 18.8 Å². The smallest absolute Gasteiger partial charge is 0.231 e. The summed E-state index contributed by atoms with van der Waals surface area (Å²) in [7, 11) is 0. The van der Waals surface area contributed by atoms with Crippen LogP contribution in [0.25, 0.3) is 0 Å². The first-order valence-corrected chi connectivity index (χ1v) is 8.01. The van der Waals surface area contributed by atoms with Gasteiger partial charge in [-0.05, 0) is 55.5 Å². The molecule has 114 valence electrons. The van der Waals surface area contributed by atoms with E-state index in [1.165, 1.54) is 0 Å². The fourth-order valence-electron chi connectivity index (χ4n) is 3.37. The topological polar surface area (TPSA) is 52.6 Å². The number of carbonyl (C=O) groups is 1. The third-order valence-corrected chi connectivity index (χ3v) is 4.71. The van der Waals surface area contributed by atoms with Crippen LogP contribution < -0.4 is 10.2 Å². The van der Waals surface area contributed by atoms with E-state index in [1.54, 1.807) is 0 Å². The Labute approximate surface area is 126 Å². The summed E-state index contributed by atoms with van der Waals surface area (Å²) in [5.74, 6) is 0.800. The van der Waals surface area contributed by atoms with Crippen molar-refractivity contribution in [3.05, 3.63) is 29.3 Å². The summed E-state index contributed by atoms with van der Waals surface area (Å²) in [5, 5.41) is 13.3. The lowest BCUT2D eigenvalue weighted by Crippen LogP contribution is -2.37. The standard InChI is InChI=1S/C17H24N2O2/c1-2-16(20)13-3-4-15-14(9-13)10-17(21)19(15)11-12-5-7-18-8-6-12/h3-4,9,12,16,18,20H,2,5-8,10-11H2,1H3. The minimum absolute atomic E-state index is 0.201. The van der Waals surface area contributed by atoms with Gasteiger partial charge in [0.05, 0.1) is 12.5 Å². The van der Waals surface area contributed by atoms with Gasteiger partial charge in [0.2, 0.25) is 5.91 Å². The van der Waals surface area contributed by atoms with Crippen LogP contribution in [0, 0.1) is 5.92 Å². The zero-order valence-corrected chi connectivity index (χ0v) is 12.6. The second-order valence-corrected chi connectivity index (χ2v) is 6.19. The Kier molecular flexibility index (Phi) is 4.27. The van der Waals surface area contributed by atoms with Crippen LogP contribution in [0.4, 0.5) is 5.69 Å². The van der Waals surface area contributed by atoms with Crippen molar-refractivity contribution in [2.24, 2.45) is 5.92 Å². The Balaban J connectivity index is 1.77. The molecule has 1 unspecified atom stereocenters. The summed E-state index contributed by atoms with van der Waals surface area (Å²) < 4.78 is 0. The molecule has 21 heavy (non-hydrogen) atoms. The Morgan fingerprint density at radius 2 is 2.14 bits per heavy atom. The molecule has 1 aromatic carbocycles. The van der Waals surface area contributed by atoms with Crippen molar-refractivity contribution in [2.75, 3.05) is 24.5 Å². The van der Waals surface area contributed by atoms with Gasteiger partial charge in [-0.1, -0.05) is 19.1 Å². The fourth-order valence-corrected chi connectivity index (χ4v) is 3.37. The number of hydrogen-bond donors (Lipinski definition) is 2. The van der Waals surface area contributed by atoms with E-state index in [0.717, 1.165) is 49.3 Å². The molecule has 0 radical (unpaired) electrons. The predicted molar refractivity (Wildman–Crippen MR) is 83.3 cm³/mol. The average Bonchev–Trinajstić information content (AvgIpc) is 2.82. The summed E-state index contributed by atoms with van der Waals surface area (Å²) in [6, 6.07) is 5.97. The Hall–Kier alpha value is -1.39.